The summed E-state index contributed by atoms with van der Waals surface area (Å²) < 4.78 is 0. The Kier molecular flexibility index (Phi) is 50.7. The average molecular weight is 270 g/mol. The molecule has 0 heterocycles. The van der Waals surface area contributed by atoms with Crippen LogP contribution in [-0.4, -0.2) is 0 Å². The van der Waals surface area contributed by atoms with Crippen molar-refractivity contribution in [2.45, 2.75) is 65.2 Å². The van der Waals surface area contributed by atoms with Gasteiger partial charge in [-0.1, -0.05) is 52.4 Å². The van der Waals surface area contributed by atoms with Gasteiger partial charge >= 0.3 is 19.5 Å². The minimum Gasteiger partial charge on any atom is -0.343 e. The molecular weight excluding hydrogens is 242 g/mol. The largest absolute Gasteiger partial charge is 2.00 e. The number of hydrogen-bond donors (Lipinski definition) is 0. The van der Waals surface area contributed by atoms with E-state index in [1.807, 2.05) is 0 Å². The second kappa shape index (κ2) is 29.2. The zero-order valence-corrected chi connectivity index (χ0v) is 14.2. The van der Waals surface area contributed by atoms with Crippen LogP contribution in [0.4, 0.5) is 0 Å². The predicted molar refractivity (Wildman–Crippen MR) is 69.4 cm³/mol. The molecule has 0 bridgehead atoms. The van der Waals surface area contributed by atoms with E-state index in [4.69, 9.17) is 0 Å². The third-order valence-electron chi connectivity index (χ3n) is 1.71. The molecule has 0 saturated heterocycles. The summed E-state index contributed by atoms with van der Waals surface area (Å²) in [7, 11) is 0. The van der Waals surface area contributed by atoms with Gasteiger partial charge in [-0.3, -0.25) is 0 Å². The number of rotatable bonds is 6. The first kappa shape index (κ1) is 24.3. The molecule has 0 aliphatic carbocycles. The molecule has 0 N–H and O–H groups in total. The molecular formula is C12H28SZn. The first-order valence-corrected chi connectivity index (χ1v) is 5.41. The predicted octanol–water partition coefficient (Wildman–Crippen LogP) is 4.91. The maximum Gasteiger partial charge on any atom is 2.00 e. The van der Waals surface area contributed by atoms with Gasteiger partial charge in [0.2, 0.25) is 0 Å². The SMILES string of the molecule is S.[CH2-]CCC.[CH2-]CCCCCCC.[Zn+2]. The van der Waals surface area contributed by atoms with E-state index in [-0.39, 0.29) is 33.0 Å². The Morgan fingerprint density at radius 1 is 0.714 bits per heavy atom. The van der Waals surface area contributed by atoms with Crippen molar-refractivity contribution < 1.29 is 19.5 Å². The van der Waals surface area contributed by atoms with Crippen molar-refractivity contribution >= 4 is 13.5 Å². The zero-order chi connectivity index (χ0) is 9.66. The van der Waals surface area contributed by atoms with Gasteiger partial charge in [0.25, 0.3) is 0 Å². The van der Waals surface area contributed by atoms with Crippen molar-refractivity contribution in [3.05, 3.63) is 13.8 Å². The van der Waals surface area contributed by atoms with Crippen molar-refractivity contribution in [2.24, 2.45) is 0 Å². The summed E-state index contributed by atoms with van der Waals surface area (Å²) in [6, 6.07) is 0. The summed E-state index contributed by atoms with van der Waals surface area (Å²) in [5, 5.41) is 0. The molecule has 0 rings (SSSR count). The van der Waals surface area contributed by atoms with Gasteiger partial charge < -0.3 is 13.8 Å². The fourth-order valence-electron chi connectivity index (χ4n) is 0.780. The zero-order valence-electron chi connectivity index (χ0n) is 10.3. The molecule has 14 heavy (non-hydrogen) atoms. The number of hydrogen-bond acceptors (Lipinski definition) is 0. The molecule has 2 heteroatoms. The molecule has 0 amide bonds. The van der Waals surface area contributed by atoms with Crippen molar-refractivity contribution in [2.75, 3.05) is 0 Å². The van der Waals surface area contributed by atoms with Crippen LogP contribution in [0.3, 0.4) is 0 Å². The topological polar surface area (TPSA) is 0 Å². The smallest absolute Gasteiger partial charge is 0.343 e. The molecule has 0 aliphatic rings. The van der Waals surface area contributed by atoms with E-state index in [0.29, 0.717) is 0 Å². The normalized spacial score (nSPS) is 7.71. The molecule has 84 valence electrons. The molecule has 0 nitrogen and oxygen atoms in total. The Morgan fingerprint density at radius 3 is 1.43 bits per heavy atom. The Labute approximate surface area is 112 Å². The molecule has 0 saturated carbocycles. The summed E-state index contributed by atoms with van der Waals surface area (Å²) in [4.78, 5) is 0. The Bertz CT molecular complexity index is 50.3. The molecule has 0 aliphatic heterocycles. The fraction of sp³-hybridized carbons (Fsp3) is 0.833. The molecule has 0 radical (unpaired) electrons. The van der Waals surface area contributed by atoms with Gasteiger partial charge in [-0.15, -0.1) is 0 Å². The Morgan fingerprint density at radius 2 is 1.14 bits per heavy atom. The van der Waals surface area contributed by atoms with Gasteiger partial charge in [-0.2, -0.15) is 26.3 Å². The van der Waals surface area contributed by atoms with Crippen LogP contribution in [0.1, 0.15) is 65.2 Å². The summed E-state index contributed by atoms with van der Waals surface area (Å²) in [6.45, 7) is 11.7. The van der Waals surface area contributed by atoms with Crippen LogP contribution >= 0.6 is 13.5 Å². The molecule has 0 atom stereocenters. The van der Waals surface area contributed by atoms with E-state index in [9.17, 15) is 0 Å². The fourth-order valence-corrected chi connectivity index (χ4v) is 0.780. The Balaban J connectivity index is -0.0000000733. The third kappa shape index (κ3) is 38.2. The van der Waals surface area contributed by atoms with Crippen LogP contribution < -0.4 is 0 Å². The van der Waals surface area contributed by atoms with E-state index in [0.717, 1.165) is 12.8 Å². The van der Waals surface area contributed by atoms with Gasteiger partial charge in [0.05, 0.1) is 0 Å². The van der Waals surface area contributed by atoms with E-state index in [1.54, 1.807) is 0 Å². The monoisotopic (exact) mass is 268 g/mol. The van der Waals surface area contributed by atoms with Crippen LogP contribution in [0.15, 0.2) is 0 Å². The van der Waals surface area contributed by atoms with Crippen molar-refractivity contribution in [1.29, 1.82) is 0 Å². The number of unbranched alkanes of at least 4 members (excludes halogenated alkanes) is 6. The summed E-state index contributed by atoms with van der Waals surface area (Å²) in [5.41, 5.74) is 0. The van der Waals surface area contributed by atoms with E-state index in [2.05, 4.69) is 27.7 Å². The van der Waals surface area contributed by atoms with E-state index in [1.165, 1.54) is 38.5 Å². The first-order valence-electron chi connectivity index (χ1n) is 5.41. The second-order valence-electron chi connectivity index (χ2n) is 3.12. The quantitative estimate of drug-likeness (QED) is 0.365. The summed E-state index contributed by atoms with van der Waals surface area (Å²) in [5.74, 6) is 0. The molecule has 0 spiro atoms. The maximum atomic E-state index is 3.78. The first-order chi connectivity index (χ1) is 5.83. The second-order valence-corrected chi connectivity index (χ2v) is 3.12. The van der Waals surface area contributed by atoms with Crippen LogP contribution in [-0.2, 0) is 19.5 Å². The van der Waals surface area contributed by atoms with E-state index >= 15 is 0 Å². The minimum atomic E-state index is 0. The minimum absolute atomic E-state index is 0. The Hall–Kier alpha value is 0.973. The van der Waals surface area contributed by atoms with Crippen LogP contribution in [0.5, 0.6) is 0 Å². The maximum absolute atomic E-state index is 3.78. The van der Waals surface area contributed by atoms with Crippen molar-refractivity contribution in [3.63, 3.8) is 0 Å². The van der Waals surface area contributed by atoms with Gasteiger partial charge in [-0.05, 0) is 0 Å². The van der Waals surface area contributed by atoms with Crippen LogP contribution in [0.2, 0.25) is 0 Å². The van der Waals surface area contributed by atoms with Gasteiger partial charge in [0.15, 0.2) is 0 Å². The van der Waals surface area contributed by atoms with Gasteiger partial charge in [0, 0.05) is 0 Å². The van der Waals surface area contributed by atoms with Crippen LogP contribution in [0.25, 0.3) is 0 Å². The molecule has 0 aromatic heterocycles. The standard InChI is InChI=1S/C8H17.C4H9.H2S.Zn/c1-3-5-7-8-6-4-2;1-3-4-2;;/h1,3-8H2,2H3;1,3-4H2,2H3;1H2;/q2*-1;;+2. The average Bonchev–Trinajstić information content (AvgIpc) is 2.13. The van der Waals surface area contributed by atoms with Crippen LogP contribution in [0, 0.1) is 13.8 Å². The summed E-state index contributed by atoms with van der Waals surface area (Å²) >= 11 is 0. The molecule has 0 aromatic rings. The molecule has 0 unspecified atom stereocenters. The van der Waals surface area contributed by atoms with Gasteiger partial charge in [0.1, 0.15) is 0 Å². The van der Waals surface area contributed by atoms with Crippen molar-refractivity contribution in [3.8, 4) is 0 Å². The third-order valence-corrected chi connectivity index (χ3v) is 1.71. The van der Waals surface area contributed by atoms with Crippen molar-refractivity contribution in [1.82, 2.24) is 0 Å². The summed E-state index contributed by atoms with van der Waals surface area (Å²) in [6.07, 6.45) is 10.3. The van der Waals surface area contributed by atoms with Gasteiger partial charge in [-0.25, -0.2) is 0 Å². The van der Waals surface area contributed by atoms with E-state index < -0.39 is 0 Å². The molecule has 0 aromatic carbocycles. The molecule has 0 fully saturated rings.